The van der Waals surface area contributed by atoms with Crippen molar-refractivity contribution in [2.75, 3.05) is 0 Å². The summed E-state index contributed by atoms with van der Waals surface area (Å²) in [5.41, 5.74) is 0.925. The normalized spacial score (nSPS) is 10.5. The summed E-state index contributed by atoms with van der Waals surface area (Å²) in [6.07, 6.45) is 0. The molecule has 69 valence electrons. The minimum absolute atomic E-state index is 0. The number of hydrogen-bond donors (Lipinski definition) is 0. The monoisotopic (exact) mass is 339 g/mol. The van der Waals surface area contributed by atoms with Gasteiger partial charge in [0.15, 0.2) is 0 Å². The van der Waals surface area contributed by atoms with E-state index in [1.54, 1.807) is 0 Å². The first kappa shape index (κ1) is 11.9. The molecule has 1 radical (unpaired) electrons. The number of nitrogens with zero attached hydrogens (tertiary/aromatic N) is 1. The SMILES string of the molecule is CC(C)c1[c-]c(C(C)C)on1.[Re]. The molecule has 0 saturated heterocycles. The van der Waals surface area contributed by atoms with E-state index in [9.17, 15) is 0 Å². The van der Waals surface area contributed by atoms with Gasteiger partial charge in [0.2, 0.25) is 0 Å². The molecule has 0 unspecified atom stereocenters. The first-order valence-corrected chi connectivity index (χ1v) is 4.00. The molecule has 0 fully saturated rings. The van der Waals surface area contributed by atoms with Gasteiger partial charge in [-0.05, 0) is 17.6 Å². The van der Waals surface area contributed by atoms with E-state index in [1.165, 1.54) is 0 Å². The van der Waals surface area contributed by atoms with Gasteiger partial charge < -0.3 is 10.6 Å². The van der Waals surface area contributed by atoms with Crippen molar-refractivity contribution in [1.29, 1.82) is 0 Å². The maximum Gasteiger partial charge on any atom is 0 e. The molecule has 0 amide bonds. The second-order valence-electron chi connectivity index (χ2n) is 3.37. The average Bonchev–Trinajstić information content (AvgIpc) is 2.33. The molecule has 1 heterocycles. The standard InChI is InChI=1S/C9H14NO.Re/c1-6(2)8-5-9(7(3)4)11-10-8;/h6-7H,1-4H3;/q-1;. The summed E-state index contributed by atoms with van der Waals surface area (Å²) in [6.45, 7) is 8.30. The topological polar surface area (TPSA) is 26.0 Å². The van der Waals surface area contributed by atoms with E-state index in [0.717, 1.165) is 11.5 Å². The van der Waals surface area contributed by atoms with E-state index in [-0.39, 0.29) is 20.4 Å². The van der Waals surface area contributed by atoms with Gasteiger partial charge in [0, 0.05) is 20.4 Å². The van der Waals surface area contributed by atoms with E-state index in [1.807, 2.05) is 0 Å². The van der Waals surface area contributed by atoms with Crippen LogP contribution >= 0.6 is 0 Å². The Bertz CT molecular complexity index is 208. The molecule has 0 spiro atoms. The fraction of sp³-hybridized carbons (Fsp3) is 0.667. The Morgan fingerprint density at radius 1 is 1.17 bits per heavy atom. The zero-order valence-electron chi connectivity index (χ0n) is 7.89. The van der Waals surface area contributed by atoms with Crippen LogP contribution in [0.4, 0.5) is 0 Å². The molecule has 0 aromatic carbocycles. The molecule has 0 saturated carbocycles. The fourth-order valence-electron chi connectivity index (χ4n) is 0.770. The molecular formula is C9H14NORe-. The Hall–Kier alpha value is -0.128. The number of rotatable bonds is 2. The minimum atomic E-state index is 0. The van der Waals surface area contributed by atoms with Crippen LogP contribution in [0, 0.1) is 6.07 Å². The van der Waals surface area contributed by atoms with Crippen LogP contribution in [0.1, 0.15) is 51.0 Å². The first-order chi connectivity index (χ1) is 5.11. The van der Waals surface area contributed by atoms with E-state index in [0.29, 0.717) is 11.8 Å². The van der Waals surface area contributed by atoms with E-state index >= 15 is 0 Å². The summed E-state index contributed by atoms with van der Waals surface area (Å²) < 4.78 is 5.08. The van der Waals surface area contributed by atoms with Crippen LogP contribution in [0.3, 0.4) is 0 Å². The summed E-state index contributed by atoms with van der Waals surface area (Å²) in [5, 5.41) is 3.91. The molecule has 2 nitrogen and oxygen atoms in total. The molecule has 0 bridgehead atoms. The van der Waals surface area contributed by atoms with Crippen LogP contribution in [-0.2, 0) is 20.4 Å². The summed E-state index contributed by atoms with van der Waals surface area (Å²) in [6, 6.07) is 3.13. The van der Waals surface area contributed by atoms with Gasteiger partial charge in [-0.1, -0.05) is 33.4 Å². The Morgan fingerprint density at radius 3 is 2.00 bits per heavy atom. The molecule has 12 heavy (non-hydrogen) atoms. The summed E-state index contributed by atoms with van der Waals surface area (Å²) in [4.78, 5) is 0. The van der Waals surface area contributed by atoms with Crippen molar-refractivity contribution in [3.8, 4) is 0 Å². The van der Waals surface area contributed by atoms with E-state index in [4.69, 9.17) is 4.52 Å². The molecule has 0 aliphatic heterocycles. The predicted molar refractivity (Wildman–Crippen MR) is 43.5 cm³/mol. The first-order valence-electron chi connectivity index (χ1n) is 4.00. The smallest absolute Gasteiger partial charge is 0 e. The third kappa shape index (κ3) is 2.73. The van der Waals surface area contributed by atoms with E-state index < -0.39 is 0 Å². The van der Waals surface area contributed by atoms with Crippen molar-refractivity contribution in [1.82, 2.24) is 5.16 Å². The molecule has 3 heteroatoms. The van der Waals surface area contributed by atoms with Gasteiger partial charge in [-0.15, -0.1) is 5.16 Å². The van der Waals surface area contributed by atoms with Crippen molar-refractivity contribution in [3.63, 3.8) is 0 Å². The van der Waals surface area contributed by atoms with Gasteiger partial charge in [-0.25, -0.2) is 0 Å². The second kappa shape index (κ2) is 4.79. The molecule has 1 aromatic rings. The van der Waals surface area contributed by atoms with Gasteiger partial charge in [-0.2, -0.15) is 0 Å². The molecule has 0 N–H and O–H groups in total. The van der Waals surface area contributed by atoms with Crippen LogP contribution in [-0.4, -0.2) is 5.16 Å². The second-order valence-corrected chi connectivity index (χ2v) is 3.37. The van der Waals surface area contributed by atoms with Crippen LogP contribution in [0.15, 0.2) is 4.52 Å². The molecule has 0 aliphatic carbocycles. The maximum atomic E-state index is 5.08. The summed E-state index contributed by atoms with van der Waals surface area (Å²) >= 11 is 0. The predicted octanol–water partition coefficient (Wildman–Crippen LogP) is 2.72. The molecule has 0 aliphatic rings. The van der Waals surface area contributed by atoms with Crippen LogP contribution in [0.5, 0.6) is 0 Å². The minimum Gasteiger partial charge on any atom is -0.402 e. The van der Waals surface area contributed by atoms with Gasteiger partial charge in [0.25, 0.3) is 0 Å². The molecule has 1 rings (SSSR count). The van der Waals surface area contributed by atoms with Crippen molar-refractivity contribution in [2.45, 2.75) is 39.5 Å². The summed E-state index contributed by atoms with van der Waals surface area (Å²) in [7, 11) is 0. The third-order valence-corrected chi connectivity index (χ3v) is 1.56. The quantitative estimate of drug-likeness (QED) is 0.775. The van der Waals surface area contributed by atoms with Gasteiger partial charge in [-0.3, -0.25) is 0 Å². The van der Waals surface area contributed by atoms with Crippen molar-refractivity contribution >= 4 is 0 Å². The Labute approximate surface area is 87.4 Å². The zero-order chi connectivity index (χ0) is 8.43. The number of aromatic nitrogens is 1. The Balaban J connectivity index is 0.00000121. The van der Waals surface area contributed by atoms with Crippen LogP contribution in [0.25, 0.3) is 0 Å². The molecule has 0 atom stereocenters. The van der Waals surface area contributed by atoms with Gasteiger partial charge >= 0.3 is 0 Å². The maximum absolute atomic E-state index is 5.08. The zero-order valence-corrected chi connectivity index (χ0v) is 10.6. The van der Waals surface area contributed by atoms with Crippen LogP contribution < -0.4 is 0 Å². The molecular weight excluding hydrogens is 324 g/mol. The Morgan fingerprint density at radius 2 is 1.75 bits per heavy atom. The van der Waals surface area contributed by atoms with Crippen molar-refractivity contribution in [3.05, 3.63) is 17.5 Å². The third-order valence-electron chi connectivity index (χ3n) is 1.56. The van der Waals surface area contributed by atoms with E-state index in [2.05, 4.69) is 38.9 Å². The number of hydrogen-bond acceptors (Lipinski definition) is 2. The summed E-state index contributed by atoms with van der Waals surface area (Å²) in [5.74, 6) is 1.65. The van der Waals surface area contributed by atoms with Crippen molar-refractivity contribution in [2.24, 2.45) is 0 Å². The van der Waals surface area contributed by atoms with Gasteiger partial charge in [0.05, 0.1) is 0 Å². The fourth-order valence-corrected chi connectivity index (χ4v) is 0.770. The Kier molecular flexibility index (Phi) is 4.74. The largest absolute Gasteiger partial charge is 0.402 e. The van der Waals surface area contributed by atoms with Crippen LogP contribution in [0.2, 0.25) is 0 Å². The van der Waals surface area contributed by atoms with Crippen molar-refractivity contribution < 1.29 is 24.9 Å². The average molecular weight is 338 g/mol. The molecule has 1 aromatic heterocycles. The van der Waals surface area contributed by atoms with Gasteiger partial charge in [0.1, 0.15) is 0 Å².